The number of rotatable bonds is 3. The molecule has 2 aliphatic heterocycles. The Morgan fingerprint density at radius 3 is 2.55 bits per heavy atom. The van der Waals surface area contributed by atoms with Crippen molar-refractivity contribution < 1.29 is 4.79 Å². The number of nitrogens with zero attached hydrogens (tertiary/aromatic N) is 1. The Kier molecular flexibility index (Phi) is 5.43. The van der Waals surface area contributed by atoms with Crippen LogP contribution in [0.5, 0.6) is 0 Å². The van der Waals surface area contributed by atoms with Crippen LogP contribution in [-0.4, -0.2) is 37.0 Å². The monoisotopic (exact) mass is 306 g/mol. The minimum Gasteiger partial charge on any atom is -0.342 e. The molecule has 3 aliphatic rings. The van der Waals surface area contributed by atoms with Gasteiger partial charge < -0.3 is 10.2 Å². The Morgan fingerprint density at radius 2 is 1.82 bits per heavy atom. The molecule has 0 aromatic carbocycles. The summed E-state index contributed by atoms with van der Waals surface area (Å²) in [6.07, 6.45) is 12.8. The molecule has 3 nitrogen and oxygen atoms in total. The maximum atomic E-state index is 12.8. The van der Waals surface area contributed by atoms with Gasteiger partial charge in [0.15, 0.2) is 0 Å². The summed E-state index contributed by atoms with van der Waals surface area (Å²) in [5.41, 5.74) is 0.490. The fraction of sp³-hybridized carbons (Fsp3) is 0.947. The van der Waals surface area contributed by atoms with Crippen LogP contribution in [0.25, 0.3) is 0 Å². The first-order chi connectivity index (χ1) is 10.7. The highest BCUT2D eigenvalue weighted by atomic mass is 16.2. The van der Waals surface area contributed by atoms with E-state index in [0.29, 0.717) is 17.2 Å². The van der Waals surface area contributed by atoms with Crippen molar-refractivity contribution in [3.8, 4) is 0 Å². The van der Waals surface area contributed by atoms with E-state index in [9.17, 15) is 4.79 Å². The summed E-state index contributed by atoms with van der Waals surface area (Å²) < 4.78 is 0. The van der Waals surface area contributed by atoms with Gasteiger partial charge in [-0.3, -0.25) is 4.79 Å². The van der Waals surface area contributed by atoms with Gasteiger partial charge in [-0.05, 0) is 68.9 Å². The molecule has 0 bridgehead atoms. The zero-order valence-corrected chi connectivity index (χ0v) is 14.4. The van der Waals surface area contributed by atoms with Crippen LogP contribution in [0.1, 0.15) is 71.1 Å². The second-order valence-corrected chi connectivity index (χ2v) is 8.25. The first-order valence-electron chi connectivity index (χ1n) is 9.67. The van der Waals surface area contributed by atoms with Crippen molar-refractivity contribution in [2.75, 3.05) is 26.2 Å². The van der Waals surface area contributed by atoms with Gasteiger partial charge in [-0.2, -0.15) is 0 Å². The van der Waals surface area contributed by atoms with Crippen molar-refractivity contribution in [3.05, 3.63) is 0 Å². The molecular formula is C19H34N2O. The van der Waals surface area contributed by atoms with E-state index in [-0.39, 0.29) is 0 Å². The van der Waals surface area contributed by atoms with Gasteiger partial charge in [0.1, 0.15) is 0 Å². The van der Waals surface area contributed by atoms with Crippen molar-refractivity contribution in [1.29, 1.82) is 0 Å². The van der Waals surface area contributed by atoms with Crippen LogP contribution in [0.2, 0.25) is 0 Å². The molecule has 126 valence electrons. The predicted molar refractivity (Wildman–Crippen MR) is 90.7 cm³/mol. The van der Waals surface area contributed by atoms with E-state index in [0.717, 1.165) is 38.5 Å². The molecule has 3 heteroatoms. The van der Waals surface area contributed by atoms with Crippen LogP contribution in [0.15, 0.2) is 0 Å². The standard InChI is InChI=1S/C19H34N2O/c1-16(17-6-11-20-12-7-17)14-18(22)21-13-5-10-19(15-21)8-3-2-4-9-19/h16-17,20H,2-15H2,1H3. The summed E-state index contributed by atoms with van der Waals surface area (Å²) in [5.74, 6) is 1.74. The quantitative estimate of drug-likeness (QED) is 0.864. The van der Waals surface area contributed by atoms with Gasteiger partial charge in [0, 0.05) is 19.5 Å². The van der Waals surface area contributed by atoms with E-state index >= 15 is 0 Å². The van der Waals surface area contributed by atoms with Crippen molar-refractivity contribution in [1.82, 2.24) is 10.2 Å². The van der Waals surface area contributed by atoms with Crippen LogP contribution in [0.4, 0.5) is 0 Å². The highest BCUT2D eigenvalue weighted by molar-refractivity contribution is 5.76. The number of carbonyl (C=O) groups excluding carboxylic acids is 1. The number of carbonyl (C=O) groups is 1. The van der Waals surface area contributed by atoms with Crippen LogP contribution in [0, 0.1) is 17.3 Å². The maximum Gasteiger partial charge on any atom is 0.222 e. The molecule has 1 saturated carbocycles. The lowest BCUT2D eigenvalue weighted by molar-refractivity contribution is -0.136. The molecule has 0 aromatic heterocycles. The summed E-state index contributed by atoms with van der Waals surface area (Å²) >= 11 is 0. The normalized spacial score (nSPS) is 27.8. The highest BCUT2D eigenvalue weighted by Gasteiger charge is 2.38. The van der Waals surface area contributed by atoms with Crippen LogP contribution < -0.4 is 5.32 Å². The molecule has 1 N–H and O–H groups in total. The molecule has 1 amide bonds. The molecule has 1 aliphatic carbocycles. The molecule has 0 radical (unpaired) electrons. The van der Waals surface area contributed by atoms with Crippen LogP contribution in [-0.2, 0) is 4.79 Å². The summed E-state index contributed by atoms with van der Waals surface area (Å²) in [5, 5.41) is 3.43. The predicted octanol–water partition coefficient (Wildman–Crippen LogP) is 3.59. The smallest absolute Gasteiger partial charge is 0.222 e. The maximum absolute atomic E-state index is 12.8. The average molecular weight is 306 g/mol. The Hall–Kier alpha value is -0.570. The summed E-state index contributed by atoms with van der Waals surface area (Å²) in [6, 6.07) is 0. The molecule has 3 fully saturated rings. The highest BCUT2D eigenvalue weighted by Crippen LogP contribution is 2.43. The van der Waals surface area contributed by atoms with E-state index in [1.54, 1.807) is 0 Å². The van der Waals surface area contributed by atoms with E-state index < -0.39 is 0 Å². The summed E-state index contributed by atoms with van der Waals surface area (Å²) in [6.45, 7) is 6.64. The van der Waals surface area contributed by atoms with Crippen molar-refractivity contribution in [3.63, 3.8) is 0 Å². The lowest BCUT2D eigenvalue weighted by Crippen LogP contribution is -2.47. The first-order valence-corrected chi connectivity index (χ1v) is 9.67. The lowest BCUT2D eigenvalue weighted by Gasteiger charge is -2.45. The third-order valence-corrected chi connectivity index (χ3v) is 6.61. The SMILES string of the molecule is CC(CC(=O)N1CCCC2(CCCCC2)C1)C1CCNCC1. The number of piperidine rings is 2. The Morgan fingerprint density at radius 1 is 1.14 bits per heavy atom. The van der Waals surface area contributed by atoms with Crippen LogP contribution >= 0.6 is 0 Å². The summed E-state index contributed by atoms with van der Waals surface area (Å²) in [7, 11) is 0. The number of hydrogen-bond acceptors (Lipinski definition) is 2. The van der Waals surface area contributed by atoms with Gasteiger partial charge in [0.25, 0.3) is 0 Å². The van der Waals surface area contributed by atoms with Crippen molar-refractivity contribution >= 4 is 5.91 Å². The van der Waals surface area contributed by atoms with E-state index in [1.807, 2.05) is 0 Å². The molecular weight excluding hydrogens is 272 g/mol. The molecule has 22 heavy (non-hydrogen) atoms. The molecule has 2 heterocycles. The Labute approximate surface area is 136 Å². The molecule has 1 unspecified atom stereocenters. The Bertz CT molecular complexity index is 364. The second kappa shape index (κ2) is 7.33. The van der Waals surface area contributed by atoms with E-state index in [1.165, 1.54) is 57.8 Å². The van der Waals surface area contributed by atoms with Crippen LogP contribution in [0.3, 0.4) is 0 Å². The van der Waals surface area contributed by atoms with Gasteiger partial charge in [0.05, 0.1) is 0 Å². The molecule has 1 spiro atoms. The number of hydrogen-bond donors (Lipinski definition) is 1. The van der Waals surface area contributed by atoms with Gasteiger partial charge in [-0.1, -0.05) is 26.2 Å². The van der Waals surface area contributed by atoms with E-state index in [2.05, 4.69) is 17.1 Å². The summed E-state index contributed by atoms with van der Waals surface area (Å²) in [4.78, 5) is 15.0. The van der Waals surface area contributed by atoms with Crippen molar-refractivity contribution in [2.24, 2.45) is 17.3 Å². The second-order valence-electron chi connectivity index (χ2n) is 8.25. The number of amides is 1. The number of likely N-dealkylation sites (tertiary alicyclic amines) is 1. The minimum atomic E-state index is 0.440. The lowest BCUT2D eigenvalue weighted by atomic mass is 9.69. The molecule has 0 aromatic rings. The van der Waals surface area contributed by atoms with Gasteiger partial charge in [-0.15, -0.1) is 0 Å². The molecule has 1 atom stereocenters. The zero-order valence-electron chi connectivity index (χ0n) is 14.4. The van der Waals surface area contributed by atoms with E-state index in [4.69, 9.17) is 0 Å². The fourth-order valence-corrected chi connectivity index (χ4v) is 5.12. The van der Waals surface area contributed by atoms with Gasteiger partial charge >= 0.3 is 0 Å². The van der Waals surface area contributed by atoms with Gasteiger partial charge in [-0.25, -0.2) is 0 Å². The molecule has 3 rings (SSSR count). The Balaban J connectivity index is 1.52. The minimum absolute atomic E-state index is 0.440. The number of nitrogens with one attached hydrogen (secondary N) is 1. The molecule has 2 saturated heterocycles. The topological polar surface area (TPSA) is 32.3 Å². The fourth-order valence-electron chi connectivity index (χ4n) is 5.12. The van der Waals surface area contributed by atoms with Crippen molar-refractivity contribution in [2.45, 2.75) is 71.1 Å². The first kappa shape index (κ1) is 16.3. The largest absolute Gasteiger partial charge is 0.342 e. The average Bonchev–Trinajstić information content (AvgIpc) is 2.56. The third kappa shape index (κ3) is 3.84. The van der Waals surface area contributed by atoms with Gasteiger partial charge in [0.2, 0.25) is 5.91 Å². The third-order valence-electron chi connectivity index (χ3n) is 6.61. The zero-order chi connectivity index (χ0) is 15.4.